The molecule has 2 fully saturated rings. The zero-order valence-corrected chi connectivity index (χ0v) is 26.6. The monoisotopic (exact) mass is 660 g/mol. The van der Waals surface area contributed by atoms with Crippen LogP contribution < -0.4 is 0 Å². The highest BCUT2D eigenvalue weighted by atomic mass is 35.5. The quantitative estimate of drug-likeness (QED) is 0.201. The van der Waals surface area contributed by atoms with E-state index in [-0.39, 0.29) is 50.1 Å². The van der Waals surface area contributed by atoms with Gasteiger partial charge in [-0.25, -0.2) is 8.60 Å². The van der Waals surface area contributed by atoms with Gasteiger partial charge < -0.3 is 10.0 Å². The molecule has 234 valence electrons. The second-order valence-corrected chi connectivity index (χ2v) is 13.9. The maximum Gasteiger partial charge on any atom is 0.304 e. The van der Waals surface area contributed by atoms with Gasteiger partial charge in [0.1, 0.15) is 5.82 Å². The van der Waals surface area contributed by atoms with Gasteiger partial charge in [-0.2, -0.15) is 4.31 Å². The van der Waals surface area contributed by atoms with E-state index in [2.05, 4.69) is 0 Å². The van der Waals surface area contributed by atoms with Crippen molar-refractivity contribution in [3.05, 3.63) is 105 Å². The number of carbonyl (C=O) groups excluding carboxylic acids is 1. The van der Waals surface area contributed by atoms with Gasteiger partial charge in [0.15, 0.2) is 0 Å². The minimum absolute atomic E-state index is 0.0421. The SMILES string of the molecule is CC1(CC(=O)O)CC(c2cccc(Cl)c2)C(c2ccc(Cl)cc2)N(C(CN(CCc2ccccc2F)S(=O)O)C2CC2)C1=O. The highest BCUT2D eigenvalue weighted by Crippen LogP contribution is 2.54. The second-order valence-electron chi connectivity index (χ2n) is 12.1. The fraction of sp³-hybridized carbons (Fsp3) is 0.394. The molecule has 5 unspecified atom stereocenters. The molecule has 0 aromatic heterocycles. The van der Waals surface area contributed by atoms with Gasteiger partial charge in [-0.1, -0.05) is 72.6 Å². The van der Waals surface area contributed by atoms with Crippen LogP contribution in [-0.4, -0.2) is 54.1 Å². The van der Waals surface area contributed by atoms with Crippen molar-refractivity contribution in [1.82, 2.24) is 9.21 Å². The first kappa shape index (κ1) is 32.6. The molecule has 7 nitrogen and oxygen atoms in total. The summed E-state index contributed by atoms with van der Waals surface area (Å²) >= 11 is 10.3. The number of carbonyl (C=O) groups is 2. The third-order valence-electron chi connectivity index (χ3n) is 8.86. The molecule has 1 heterocycles. The third kappa shape index (κ3) is 7.35. The lowest BCUT2D eigenvalue weighted by Crippen LogP contribution is -2.59. The molecule has 0 radical (unpaired) electrons. The van der Waals surface area contributed by atoms with Crippen molar-refractivity contribution in [1.29, 1.82) is 0 Å². The van der Waals surface area contributed by atoms with Crippen LogP contribution in [0.4, 0.5) is 4.39 Å². The lowest BCUT2D eigenvalue weighted by atomic mass is 9.67. The number of hydrogen-bond acceptors (Lipinski definition) is 3. The second kappa shape index (κ2) is 13.7. The Kier molecular flexibility index (Phi) is 10.1. The molecule has 11 heteroatoms. The van der Waals surface area contributed by atoms with Crippen LogP contribution in [0.5, 0.6) is 0 Å². The first-order valence-corrected chi connectivity index (χ1v) is 16.4. The molecule has 5 rings (SSSR count). The summed E-state index contributed by atoms with van der Waals surface area (Å²) in [5.74, 6) is -2.07. The van der Waals surface area contributed by atoms with Gasteiger partial charge in [0.05, 0.1) is 17.9 Å². The molecule has 0 spiro atoms. The van der Waals surface area contributed by atoms with Crippen molar-refractivity contribution < 1.29 is 27.8 Å². The highest BCUT2D eigenvalue weighted by molar-refractivity contribution is 7.76. The zero-order chi connectivity index (χ0) is 31.6. The van der Waals surface area contributed by atoms with Gasteiger partial charge in [-0.05, 0) is 78.6 Å². The topological polar surface area (TPSA) is 98.2 Å². The molecule has 2 N–H and O–H groups in total. The molecule has 1 amide bonds. The third-order valence-corrected chi connectivity index (χ3v) is 10.1. The van der Waals surface area contributed by atoms with E-state index in [9.17, 15) is 27.8 Å². The Balaban J connectivity index is 1.59. The van der Waals surface area contributed by atoms with Crippen LogP contribution in [0.25, 0.3) is 0 Å². The maximum absolute atomic E-state index is 14.6. The summed E-state index contributed by atoms with van der Waals surface area (Å²) < 4.78 is 38.8. The molecule has 1 saturated heterocycles. The number of rotatable bonds is 12. The summed E-state index contributed by atoms with van der Waals surface area (Å²) in [6.07, 6.45) is 1.74. The molecule has 1 saturated carbocycles. The fourth-order valence-electron chi connectivity index (χ4n) is 6.58. The van der Waals surface area contributed by atoms with Crippen molar-refractivity contribution >= 4 is 46.3 Å². The zero-order valence-electron chi connectivity index (χ0n) is 24.2. The highest BCUT2D eigenvalue weighted by Gasteiger charge is 2.54. The van der Waals surface area contributed by atoms with E-state index >= 15 is 0 Å². The van der Waals surface area contributed by atoms with E-state index in [1.165, 1.54) is 10.4 Å². The summed E-state index contributed by atoms with van der Waals surface area (Å²) in [5, 5.41) is 11.0. The summed E-state index contributed by atoms with van der Waals surface area (Å²) in [4.78, 5) is 28.5. The Morgan fingerprint density at radius 3 is 2.39 bits per heavy atom. The Hall–Kier alpha value is -2.82. The first-order chi connectivity index (χ1) is 21.0. The number of hydrogen-bond donors (Lipinski definition) is 2. The number of amides is 1. The van der Waals surface area contributed by atoms with Gasteiger partial charge in [0, 0.05) is 35.1 Å². The van der Waals surface area contributed by atoms with E-state index in [4.69, 9.17) is 23.2 Å². The van der Waals surface area contributed by atoms with E-state index in [0.29, 0.717) is 15.6 Å². The lowest BCUT2D eigenvalue weighted by Gasteiger charge is -2.52. The van der Waals surface area contributed by atoms with Crippen LogP contribution in [0.15, 0.2) is 72.8 Å². The number of halogens is 3. The lowest BCUT2D eigenvalue weighted by molar-refractivity contribution is -0.161. The number of nitrogens with zero attached hydrogens (tertiary/aromatic N) is 2. The van der Waals surface area contributed by atoms with Crippen molar-refractivity contribution in [2.75, 3.05) is 13.1 Å². The largest absolute Gasteiger partial charge is 0.481 e. The summed E-state index contributed by atoms with van der Waals surface area (Å²) in [7, 11) is 0. The summed E-state index contributed by atoms with van der Waals surface area (Å²) in [6.45, 7) is 1.84. The van der Waals surface area contributed by atoms with Gasteiger partial charge in [-0.3, -0.25) is 14.1 Å². The van der Waals surface area contributed by atoms with Crippen molar-refractivity contribution in [3.63, 3.8) is 0 Å². The molecular formula is C33H35Cl2FN2O5S. The number of piperidine rings is 1. The molecule has 2 aliphatic rings. The Labute approximate surface area is 269 Å². The van der Waals surface area contributed by atoms with E-state index in [0.717, 1.165) is 24.0 Å². The van der Waals surface area contributed by atoms with E-state index in [1.807, 2.05) is 30.3 Å². The maximum atomic E-state index is 14.6. The predicted octanol–water partition coefficient (Wildman–Crippen LogP) is 7.13. The average Bonchev–Trinajstić information content (AvgIpc) is 3.81. The minimum atomic E-state index is -2.40. The molecular weight excluding hydrogens is 626 g/mol. The van der Waals surface area contributed by atoms with Crippen molar-refractivity contribution in [3.8, 4) is 0 Å². The number of likely N-dealkylation sites (tertiary alicyclic amines) is 1. The molecule has 0 bridgehead atoms. The molecule has 5 atom stereocenters. The van der Waals surface area contributed by atoms with Gasteiger partial charge in [0.2, 0.25) is 17.2 Å². The normalized spacial score (nSPS) is 23.5. The molecule has 44 heavy (non-hydrogen) atoms. The molecule has 3 aromatic rings. The summed E-state index contributed by atoms with van der Waals surface area (Å²) in [6, 6.07) is 19.9. The minimum Gasteiger partial charge on any atom is -0.481 e. The van der Waals surface area contributed by atoms with Crippen LogP contribution >= 0.6 is 23.2 Å². The van der Waals surface area contributed by atoms with Crippen LogP contribution in [0.3, 0.4) is 0 Å². The van der Waals surface area contributed by atoms with Gasteiger partial charge in [0.25, 0.3) is 0 Å². The molecule has 1 aliphatic heterocycles. The van der Waals surface area contributed by atoms with E-state index in [1.54, 1.807) is 48.2 Å². The Morgan fingerprint density at radius 1 is 1.07 bits per heavy atom. The summed E-state index contributed by atoms with van der Waals surface area (Å²) in [5.41, 5.74) is 0.863. The van der Waals surface area contributed by atoms with Gasteiger partial charge >= 0.3 is 5.97 Å². The molecule has 3 aromatic carbocycles. The first-order valence-electron chi connectivity index (χ1n) is 14.6. The number of carboxylic acids is 1. The van der Waals surface area contributed by atoms with Crippen LogP contribution in [-0.2, 0) is 27.3 Å². The van der Waals surface area contributed by atoms with Crippen LogP contribution in [0.2, 0.25) is 10.0 Å². The predicted molar refractivity (Wildman–Crippen MR) is 169 cm³/mol. The van der Waals surface area contributed by atoms with E-state index < -0.39 is 40.6 Å². The number of carboxylic acid groups (broad SMARTS) is 1. The number of aliphatic carboxylic acids is 1. The fourth-order valence-corrected chi connectivity index (χ4v) is 7.43. The van der Waals surface area contributed by atoms with Crippen molar-refractivity contribution in [2.24, 2.45) is 11.3 Å². The van der Waals surface area contributed by atoms with Gasteiger partial charge in [-0.15, -0.1) is 0 Å². The van der Waals surface area contributed by atoms with Crippen LogP contribution in [0, 0.1) is 17.2 Å². The standard InChI is InChI=1S/C33H35Cl2FN2O5S/c1-33(19-30(39)40)18-27(24-6-4-7-26(35)17-24)31(23-11-13-25(34)14-12-23)38(32(33)41)29(22-9-10-22)20-37(44(42)43)16-15-21-5-2-3-8-28(21)36/h2-8,11-14,17,22,27,29,31H,9-10,15-16,18-20H2,1H3,(H,39,40)(H,42,43). The Bertz CT molecular complexity index is 1540. The average molecular weight is 662 g/mol. The smallest absolute Gasteiger partial charge is 0.304 e. The van der Waals surface area contributed by atoms with Crippen LogP contribution in [0.1, 0.15) is 61.3 Å². The Morgan fingerprint density at radius 2 is 1.77 bits per heavy atom. The van der Waals surface area contributed by atoms with Crippen molar-refractivity contribution in [2.45, 2.75) is 57.0 Å². The molecule has 1 aliphatic carbocycles. The number of benzene rings is 3.